The van der Waals surface area contributed by atoms with Crippen LogP contribution < -0.4 is 5.32 Å². The van der Waals surface area contributed by atoms with Crippen LogP contribution in [0.1, 0.15) is 5.69 Å². The van der Waals surface area contributed by atoms with Gasteiger partial charge in [-0.05, 0) is 47.7 Å². The van der Waals surface area contributed by atoms with E-state index in [9.17, 15) is 0 Å². The van der Waals surface area contributed by atoms with Crippen LogP contribution in [0.15, 0.2) is 22.7 Å². The summed E-state index contributed by atoms with van der Waals surface area (Å²) in [4.78, 5) is 9.01. The average Bonchev–Trinajstić information content (AvgIpc) is 2.35. The van der Waals surface area contributed by atoms with Crippen molar-refractivity contribution in [2.75, 3.05) is 12.4 Å². The maximum Gasteiger partial charge on any atom is 0.163 e. The van der Waals surface area contributed by atoms with Gasteiger partial charge in [-0.3, -0.25) is 0 Å². The van der Waals surface area contributed by atoms with E-state index < -0.39 is 0 Å². The Kier molecular flexibility index (Phi) is 4.45. The summed E-state index contributed by atoms with van der Waals surface area (Å²) in [6.45, 7) is 1.96. The predicted octanol–water partition coefficient (Wildman–Crippen LogP) is 4.51. The fourth-order valence-electron chi connectivity index (χ4n) is 1.51. The first-order valence-corrected chi connectivity index (χ1v) is 7.45. The summed E-state index contributed by atoms with van der Waals surface area (Å²) in [5, 5.41) is 3.74. The molecule has 94 valence electrons. The number of anilines is 1. The lowest BCUT2D eigenvalue weighted by molar-refractivity contribution is 1.09. The molecule has 18 heavy (non-hydrogen) atoms. The molecule has 1 heterocycles. The molecule has 0 spiro atoms. The van der Waals surface area contributed by atoms with Gasteiger partial charge in [0.25, 0.3) is 0 Å². The van der Waals surface area contributed by atoms with Crippen molar-refractivity contribution in [1.82, 2.24) is 9.97 Å². The van der Waals surface area contributed by atoms with E-state index in [1.165, 1.54) is 0 Å². The second kappa shape index (κ2) is 5.71. The number of aromatic nitrogens is 2. The topological polar surface area (TPSA) is 37.8 Å². The van der Waals surface area contributed by atoms with Crippen molar-refractivity contribution in [2.45, 2.75) is 6.92 Å². The van der Waals surface area contributed by atoms with Gasteiger partial charge in [-0.25, -0.2) is 9.97 Å². The van der Waals surface area contributed by atoms with Gasteiger partial charge in [0.2, 0.25) is 0 Å². The molecule has 2 aromatic rings. The van der Waals surface area contributed by atoms with Crippen molar-refractivity contribution < 1.29 is 0 Å². The van der Waals surface area contributed by atoms with Crippen molar-refractivity contribution in [3.8, 4) is 11.4 Å². The molecule has 6 heteroatoms. The molecular formula is C12H10BrClIN3. The molecule has 3 nitrogen and oxygen atoms in total. The molecule has 1 aromatic carbocycles. The summed E-state index contributed by atoms with van der Waals surface area (Å²) >= 11 is 11.7. The molecule has 2 rings (SSSR count). The summed E-state index contributed by atoms with van der Waals surface area (Å²) in [5.74, 6) is 1.48. The van der Waals surface area contributed by atoms with Crippen molar-refractivity contribution >= 4 is 55.9 Å². The first-order valence-electron chi connectivity index (χ1n) is 5.20. The molecule has 0 amide bonds. The van der Waals surface area contributed by atoms with E-state index in [-0.39, 0.29) is 0 Å². The number of aryl methyl sites for hydroxylation is 1. The SMILES string of the molecule is CNc1nc(-c2cc(Cl)ccc2Br)nc(C)c1I. The molecule has 0 bridgehead atoms. The van der Waals surface area contributed by atoms with Gasteiger partial charge in [0.05, 0.1) is 9.26 Å². The summed E-state index contributed by atoms with van der Waals surface area (Å²) < 4.78 is 1.95. The van der Waals surface area contributed by atoms with Gasteiger partial charge < -0.3 is 5.32 Å². The standard InChI is InChI=1S/C12H10BrClIN3/c1-6-10(15)12(16-2)18-11(17-6)8-5-7(14)3-4-9(8)13/h3-5H,1-2H3,(H,16,17,18). The van der Waals surface area contributed by atoms with E-state index in [1.807, 2.05) is 32.2 Å². The molecule has 0 unspecified atom stereocenters. The van der Waals surface area contributed by atoms with Crippen LogP contribution in [-0.4, -0.2) is 17.0 Å². The largest absolute Gasteiger partial charge is 0.372 e. The Morgan fingerprint density at radius 1 is 1.33 bits per heavy atom. The Labute approximate surface area is 133 Å². The number of nitrogens with zero attached hydrogens (tertiary/aromatic N) is 2. The Bertz CT molecular complexity index is 604. The number of halogens is 3. The minimum Gasteiger partial charge on any atom is -0.372 e. The molecule has 1 aromatic heterocycles. The van der Waals surface area contributed by atoms with E-state index in [2.05, 4.69) is 53.8 Å². The highest BCUT2D eigenvalue weighted by Crippen LogP contribution is 2.30. The normalized spacial score (nSPS) is 10.5. The number of nitrogens with one attached hydrogen (secondary N) is 1. The van der Waals surface area contributed by atoms with Crippen molar-refractivity contribution in [3.05, 3.63) is 37.0 Å². The second-order valence-electron chi connectivity index (χ2n) is 3.67. The van der Waals surface area contributed by atoms with E-state index in [1.54, 1.807) is 0 Å². The zero-order chi connectivity index (χ0) is 13.3. The second-order valence-corrected chi connectivity index (χ2v) is 6.04. The Hall–Kier alpha value is -0.400. The maximum absolute atomic E-state index is 6.02. The van der Waals surface area contributed by atoms with Crippen LogP contribution in [-0.2, 0) is 0 Å². The molecule has 0 saturated carbocycles. The monoisotopic (exact) mass is 437 g/mol. The lowest BCUT2D eigenvalue weighted by atomic mass is 10.2. The van der Waals surface area contributed by atoms with Gasteiger partial charge in [-0.15, -0.1) is 0 Å². The minimum atomic E-state index is 0.659. The van der Waals surface area contributed by atoms with E-state index in [4.69, 9.17) is 11.6 Å². The van der Waals surface area contributed by atoms with Gasteiger partial charge in [0.15, 0.2) is 5.82 Å². The third kappa shape index (κ3) is 2.78. The third-order valence-electron chi connectivity index (χ3n) is 2.42. The molecule has 0 aliphatic carbocycles. The van der Waals surface area contributed by atoms with Crippen molar-refractivity contribution in [2.24, 2.45) is 0 Å². The predicted molar refractivity (Wildman–Crippen MR) is 87.2 cm³/mol. The van der Waals surface area contributed by atoms with Gasteiger partial charge >= 0.3 is 0 Å². The maximum atomic E-state index is 6.02. The number of benzene rings is 1. The van der Waals surface area contributed by atoms with E-state index >= 15 is 0 Å². The van der Waals surface area contributed by atoms with Crippen LogP contribution in [0.4, 0.5) is 5.82 Å². The molecule has 0 aliphatic heterocycles. The Balaban J connectivity index is 2.64. The fourth-order valence-corrected chi connectivity index (χ4v) is 2.62. The minimum absolute atomic E-state index is 0.659. The van der Waals surface area contributed by atoms with Crippen LogP contribution in [0.3, 0.4) is 0 Å². The Morgan fingerprint density at radius 2 is 2.06 bits per heavy atom. The first kappa shape index (κ1) is 14.0. The highest BCUT2D eigenvalue weighted by Gasteiger charge is 2.12. The van der Waals surface area contributed by atoms with E-state index in [0.717, 1.165) is 25.1 Å². The quantitative estimate of drug-likeness (QED) is 0.701. The molecule has 0 radical (unpaired) electrons. The van der Waals surface area contributed by atoms with Crippen LogP contribution >= 0.6 is 50.1 Å². The molecular weight excluding hydrogens is 428 g/mol. The van der Waals surface area contributed by atoms with Crippen molar-refractivity contribution in [1.29, 1.82) is 0 Å². The summed E-state index contributed by atoms with van der Waals surface area (Å²) in [6.07, 6.45) is 0. The van der Waals surface area contributed by atoms with Gasteiger partial charge in [0.1, 0.15) is 5.82 Å². The number of hydrogen-bond acceptors (Lipinski definition) is 3. The molecule has 0 saturated heterocycles. The number of hydrogen-bond donors (Lipinski definition) is 1. The summed E-state index contributed by atoms with van der Waals surface area (Å²) in [5.41, 5.74) is 1.83. The first-order chi connectivity index (χ1) is 8.52. The molecule has 1 N–H and O–H groups in total. The van der Waals surface area contributed by atoms with Gasteiger partial charge in [-0.2, -0.15) is 0 Å². The van der Waals surface area contributed by atoms with Gasteiger partial charge in [-0.1, -0.05) is 27.5 Å². The summed E-state index contributed by atoms with van der Waals surface area (Å²) in [7, 11) is 1.85. The zero-order valence-corrected chi connectivity index (χ0v) is 14.3. The van der Waals surface area contributed by atoms with Crippen molar-refractivity contribution in [3.63, 3.8) is 0 Å². The van der Waals surface area contributed by atoms with Gasteiger partial charge in [0, 0.05) is 22.1 Å². The van der Waals surface area contributed by atoms with Crippen LogP contribution in [0, 0.1) is 10.5 Å². The number of rotatable bonds is 2. The zero-order valence-electron chi connectivity index (χ0n) is 9.76. The van der Waals surface area contributed by atoms with Crippen LogP contribution in [0.2, 0.25) is 5.02 Å². The van der Waals surface area contributed by atoms with E-state index in [0.29, 0.717) is 10.8 Å². The Morgan fingerprint density at radius 3 is 2.72 bits per heavy atom. The third-order valence-corrected chi connectivity index (χ3v) is 4.64. The highest BCUT2D eigenvalue weighted by molar-refractivity contribution is 14.1. The summed E-state index contributed by atoms with van der Waals surface area (Å²) in [6, 6.07) is 5.58. The van der Waals surface area contributed by atoms with Crippen LogP contribution in [0.25, 0.3) is 11.4 Å². The lowest BCUT2D eigenvalue weighted by Gasteiger charge is -2.10. The molecule has 0 aliphatic rings. The fraction of sp³-hybridized carbons (Fsp3) is 0.167. The van der Waals surface area contributed by atoms with Crippen LogP contribution in [0.5, 0.6) is 0 Å². The highest BCUT2D eigenvalue weighted by atomic mass is 127. The molecule has 0 fully saturated rings. The smallest absolute Gasteiger partial charge is 0.163 e. The molecule has 0 atom stereocenters. The average molecular weight is 438 g/mol. The lowest BCUT2D eigenvalue weighted by Crippen LogP contribution is -2.03.